The zero-order valence-electron chi connectivity index (χ0n) is 5.85. The van der Waals surface area contributed by atoms with Crippen molar-refractivity contribution in [2.45, 2.75) is 13.0 Å². The predicted molar refractivity (Wildman–Crippen MR) is 41.6 cm³/mol. The highest BCUT2D eigenvalue weighted by Gasteiger charge is 2.18. The summed E-state index contributed by atoms with van der Waals surface area (Å²) in [7, 11) is 0. The van der Waals surface area contributed by atoms with Gasteiger partial charge in [0.1, 0.15) is 4.88 Å². The molecule has 0 bridgehead atoms. The number of aliphatic hydroxyl groups is 1. The number of nitro groups is 1. The van der Waals surface area contributed by atoms with Gasteiger partial charge >= 0.3 is 0 Å². The molecule has 0 spiro atoms. The van der Waals surface area contributed by atoms with E-state index in [1.165, 1.54) is 24.3 Å². The molecule has 0 fully saturated rings. The molecule has 60 valence electrons. The van der Waals surface area contributed by atoms with E-state index in [0.29, 0.717) is 4.88 Å². The Morgan fingerprint density at radius 3 is 2.82 bits per heavy atom. The first-order chi connectivity index (χ1) is 5.13. The van der Waals surface area contributed by atoms with Gasteiger partial charge in [0.15, 0.2) is 0 Å². The van der Waals surface area contributed by atoms with Gasteiger partial charge in [0.05, 0.1) is 11.0 Å². The normalized spacial score (nSPS) is 12.9. The van der Waals surface area contributed by atoms with Crippen LogP contribution in [-0.2, 0) is 0 Å². The summed E-state index contributed by atoms with van der Waals surface area (Å²) in [5, 5.41) is 20.9. The predicted octanol–water partition coefficient (Wildman–Crippen LogP) is 1.71. The molecule has 1 N–H and O–H groups in total. The van der Waals surface area contributed by atoms with E-state index in [4.69, 9.17) is 5.11 Å². The lowest BCUT2D eigenvalue weighted by Crippen LogP contribution is -1.93. The highest BCUT2D eigenvalue weighted by molar-refractivity contribution is 7.10. The van der Waals surface area contributed by atoms with E-state index in [2.05, 4.69) is 0 Å². The summed E-state index contributed by atoms with van der Waals surface area (Å²) >= 11 is 1.19. The molecule has 1 rings (SSSR count). The molecule has 0 amide bonds. The van der Waals surface area contributed by atoms with Gasteiger partial charge in [0.2, 0.25) is 0 Å². The van der Waals surface area contributed by atoms with Crippen molar-refractivity contribution in [2.75, 3.05) is 0 Å². The second-order valence-corrected chi connectivity index (χ2v) is 3.05. The van der Waals surface area contributed by atoms with E-state index in [-0.39, 0.29) is 5.69 Å². The minimum Gasteiger partial charge on any atom is -0.388 e. The van der Waals surface area contributed by atoms with Crippen molar-refractivity contribution in [2.24, 2.45) is 0 Å². The molecule has 5 heteroatoms. The molecule has 1 aromatic heterocycles. The summed E-state index contributed by atoms with van der Waals surface area (Å²) in [6, 6.07) is 1.40. The third-order valence-corrected chi connectivity index (χ3v) is 2.33. The van der Waals surface area contributed by atoms with Crippen molar-refractivity contribution in [3.05, 3.63) is 26.4 Å². The van der Waals surface area contributed by atoms with Crippen molar-refractivity contribution in [3.63, 3.8) is 0 Å². The van der Waals surface area contributed by atoms with Crippen LogP contribution in [0, 0.1) is 10.1 Å². The Labute approximate surface area is 67.2 Å². The summed E-state index contributed by atoms with van der Waals surface area (Å²) in [5.41, 5.74) is 0.00463. The third-order valence-electron chi connectivity index (χ3n) is 1.25. The molecular weight excluding hydrogens is 166 g/mol. The Kier molecular flexibility index (Phi) is 2.21. The van der Waals surface area contributed by atoms with Crippen LogP contribution in [0.1, 0.15) is 17.9 Å². The van der Waals surface area contributed by atoms with Crippen LogP contribution in [-0.4, -0.2) is 10.0 Å². The van der Waals surface area contributed by atoms with Crippen LogP contribution in [0.15, 0.2) is 11.4 Å². The second kappa shape index (κ2) is 2.98. The van der Waals surface area contributed by atoms with E-state index in [0.717, 1.165) is 0 Å². The fourth-order valence-electron chi connectivity index (χ4n) is 0.778. The number of hydrogen-bond donors (Lipinski definition) is 1. The summed E-state index contributed by atoms with van der Waals surface area (Å²) < 4.78 is 0. The average molecular weight is 173 g/mol. The van der Waals surface area contributed by atoms with E-state index < -0.39 is 11.0 Å². The van der Waals surface area contributed by atoms with Crippen molar-refractivity contribution in [3.8, 4) is 0 Å². The first kappa shape index (κ1) is 8.16. The van der Waals surface area contributed by atoms with Gasteiger partial charge in [0.25, 0.3) is 5.69 Å². The monoisotopic (exact) mass is 173 g/mol. The summed E-state index contributed by atoms with van der Waals surface area (Å²) in [6.45, 7) is 1.51. The maximum atomic E-state index is 10.3. The molecule has 0 saturated heterocycles. The number of hydrogen-bond acceptors (Lipinski definition) is 4. The zero-order chi connectivity index (χ0) is 8.43. The minimum absolute atomic E-state index is 0.00463. The van der Waals surface area contributed by atoms with E-state index in [9.17, 15) is 10.1 Å². The van der Waals surface area contributed by atoms with Crippen LogP contribution in [0.5, 0.6) is 0 Å². The van der Waals surface area contributed by atoms with E-state index in [1.807, 2.05) is 0 Å². The Balaban J connectivity index is 3.06. The SMILES string of the molecule is C[C@@H](O)c1sccc1[N+](=O)[O-]. The highest BCUT2D eigenvalue weighted by atomic mass is 32.1. The molecule has 1 heterocycles. The fourth-order valence-corrected chi connectivity index (χ4v) is 1.58. The van der Waals surface area contributed by atoms with Crippen molar-refractivity contribution in [1.29, 1.82) is 0 Å². The highest BCUT2D eigenvalue weighted by Crippen LogP contribution is 2.29. The van der Waals surface area contributed by atoms with Crippen molar-refractivity contribution in [1.82, 2.24) is 0 Å². The lowest BCUT2D eigenvalue weighted by atomic mass is 10.3. The molecule has 1 aromatic rings. The number of nitrogens with zero attached hydrogens (tertiary/aromatic N) is 1. The van der Waals surface area contributed by atoms with Gasteiger partial charge in [-0.05, 0) is 12.3 Å². The maximum absolute atomic E-state index is 10.3. The maximum Gasteiger partial charge on any atom is 0.285 e. The molecule has 1 atom stereocenters. The van der Waals surface area contributed by atoms with Gasteiger partial charge < -0.3 is 5.11 Å². The molecular formula is C6H7NO3S. The molecule has 0 unspecified atom stereocenters. The molecule has 0 aromatic carbocycles. The van der Waals surface area contributed by atoms with Crippen LogP contribution in [0.25, 0.3) is 0 Å². The van der Waals surface area contributed by atoms with E-state index >= 15 is 0 Å². The van der Waals surface area contributed by atoms with Crippen LogP contribution < -0.4 is 0 Å². The fraction of sp³-hybridized carbons (Fsp3) is 0.333. The third kappa shape index (κ3) is 1.55. The zero-order valence-corrected chi connectivity index (χ0v) is 6.67. The summed E-state index contributed by atoms with van der Waals surface area (Å²) in [4.78, 5) is 10.2. The molecule has 0 aliphatic rings. The number of thiophene rings is 1. The smallest absolute Gasteiger partial charge is 0.285 e. The van der Waals surface area contributed by atoms with Crippen LogP contribution in [0.4, 0.5) is 5.69 Å². The molecule has 4 nitrogen and oxygen atoms in total. The van der Waals surface area contributed by atoms with Gasteiger partial charge in [-0.1, -0.05) is 0 Å². The lowest BCUT2D eigenvalue weighted by Gasteiger charge is -1.97. The van der Waals surface area contributed by atoms with Gasteiger partial charge in [-0.25, -0.2) is 0 Å². The topological polar surface area (TPSA) is 63.4 Å². The van der Waals surface area contributed by atoms with Crippen LogP contribution in [0.3, 0.4) is 0 Å². The minimum atomic E-state index is -0.754. The first-order valence-electron chi connectivity index (χ1n) is 3.02. The quantitative estimate of drug-likeness (QED) is 0.547. The Morgan fingerprint density at radius 1 is 1.82 bits per heavy atom. The van der Waals surface area contributed by atoms with Gasteiger partial charge in [0, 0.05) is 6.07 Å². The average Bonchev–Trinajstić information content (AvgIpc) is 2.32. The molecule has 0 aliphatic carbocycles. The number of rotatable bonds is 2. The summed E-state index contributed by atoms with van der Waals surface area (Å²) in [5.74, 6) is 0. The second-order valence-electron chi connectivity index (χ2n) is 2.10. The molecule has 11 heavy (non-hydrogen) atoms. The molecule has 0 radical (unpaired) electrons. The largest absolute Gasteiger partial charge is 0.388 e. The van der Waals surface area contributed by atoms with E-state index in [1.54, 1.807) is 5.38 Å². The Bertz CT molecular complexity index is 269. The van der Waals surface area contributed by atoms with Gasteiger partial charge in [-0.15, -0.1) is 11.3 Å². The Hall–Kier alpha value is -0.940. The van der Waals surface area contributed by atoms with Crippen LogP contribution >= 0.6 is 11.3 Å². The molecule has 0 aliphatic heterocycles. The lowest BCUT2D eigenvalue weighted by molar-refractivity contribution is -0.385. The van der Waals surface area contributed by atoms with Crippen molar-refractivity contribution >= 4 is 17.0 Å². The summed E-state index contributed by atoms with van der Waals surface area (Å²) in [6.07, 6.45) is -0.754. The Morgan fingerprint density at radius 2 is 2.45 bits per heavy atom. The van der Waals surface area contributed by atoms with Gasteiger partial charge in [-0.3, -0.25) is 10.1 Å². The molecule has 0 saturated carbocycles. The number of aliphatic hydroxyl groups excluding tert-OH is 1. The standard InChI is InChI=1S/C6H7NO3S/c1-4(8)6-5(7(9)10)2-3-11-6/h2-4,8H,1H3/t4-/m1/s1. The van der Waals surface area contributed by atoms with Crippen molar-refractivity contribution < 1.29 is 10.0 Å². The van der Waals surface area contributed by atoms with Crippen LogP contribution in [0.2, 0.25) is 0 Å². The first-order valence-corrected chi connectivity index (χ1v) is 3.90. The van der Waals surface area contributed by atoms with Gasteiger partial charge in [-0.2, -0.15) is 0 Å².